The summed E-state index contributed by atoms with van der Waals surface area (Å²) in [7, 11) is 0. The summed E-state index contributed by atoms with van der Waals surface area (Å²) in [6.07, 6.45) is 0. The fraction of sp³-hybridized carbons (Fsp3) is 0.0588. The molecule has 0 bridgehead atoms. The van der Waals surface area contributed by atoms with E-state index < -0.39 is 11.9 Å². The van der Waals surface area contributed by atoms with Crippen LogP contribution in [0.1, 0.15) is 26.4 Å². The first kappa shape index (κ1) is 13.9. The van der Waals surface area contributed by atoms with Gasteiger partial charge in [-0.15, -0.1) is 0 Å². The Morgan fingerprint density at radius 1 is 1.05 bits per heavy atom. The summed E-state index contributed by atoms with van der Waals surface area (Å²) < 4.78 is 1.72. The highest BCUT2D eigenvalue weighted by Crippen LogP contribution is 2.21. The molecule has 1 aromatic heterocycles. The van der Waals surface area contributed by atoms with Crippen molar-refractivity contribution >= 4 is 22.8 Å². The van der Waals surface area contributed by atoms with Crippen molar-refractivity contribution in [1.29, 1.82) is 0 Å². The lowest BCUT2D eigenvalue weighted by molar-refractivity contribution is 0.0686. The number of amides is 1. The van der Waals surface area contributed by atoms with Gasteiger partial charge in [0.05, 0.1) is 0 Å². The number of carboxylic acids is 1. The third-order valence-electron chi connectivity index (χ3n) is 3.58. The summed E-state index contributed by atoms with van der Waals surface area (Å²) in [6, 6.07) is 16.0. The van der Waals surface area contributed by atoms with Crippen molar-refractivity contribution in [2.24, 2.45) is 5.73 Å². The number of para-hydroxylation sites is 1. The molecule has 0 spiro atoms. The van der Waals surface area contributed by atoms with Crippen molar-refractivity contribution < 1.29 is 14.7 Å². The van der Waals surface area contributed by atoms with Gasteiger partial charge in [0.25, 0.3) is 0 Å². The van der Waals surface area contributed by atoms with E-state index in [1.165, 1.54) is 0 Å². The highest BCUT2D eigenvalue weighted by molar-refractivity contribution is 5.95. The molecule has 0 saturated heterocycles. The Kier molecular flexibility index (Phi) is 3.39. The highest BCUT2D eigenvalue weighted by atomic mass is 16.4. The number of hydrogen-bond acceptors (Lipinski definition) is 2. The van der Waals surface area contributed by atoms with E-state index in [0.29, 0.717) is 12.1 Å². The third-order valence-corrected chi connectivity index (χ3v) is 3.58. The lowest BCUT2D eigenvalue weighted by atomic mass is 10.1. The van der Waals surface area contributed by atoms with Gasteiger partial charge in [0.15, 0.2) is 0 Å². The lowest BCUT2D eigenvalue weighted by Gasteiger charge is -2.09. The van der Waals surface area contributed by atoms with Crippen LogP contribution in [0.15, 0.2) is 54.6 Å². The number of aromatic nitrogens is 1. The predicted molar refractivity (Wildman–Crippen MR) is 83.0 cm³/mol. The van der Waals surface area contributed by atoms with E-state index in [4.69, 9.17) is 5.73 Å². The van der Waals surface area contributed by atoms with Crippen LogP contribution in [0.5, 0.6) is 0 Å². The minimum atomic E-state index is -0.984. The second-order valence-corrected chi connectivity index (χ2v) is 5.04. The van der Waals surface area contributed by atoms with E-state index in [9.17, 15) is 14.7 Å². The summed E-state index contributed by atoms with van der Waals surface area (Å²) in [5.41, 5.74) is 7.56. The second-order valence-electron chi connectivity index (χ2n) is 5.04. The smallest absolute Gasteiger partial charge is 0.352 e. The number of nitrogens with zero attached hydrogens (tertiary/aromatic N) is 1. The average molecular weight is 294 g/mol. The van der Waals surface area contributed by atoms with Crippen molar-refractivity contribution in [2.45, 2.75) is 6.54 Å². The van der Waals surface area contributed by atoms with Gasteiger partial charge in [-0.2, -0.15) is 0 Å². The Labute approximate surface area is 126 Å². The zero-order chi connectivity index (χ0) is 15.7. The van der Waals surface area contributed by atoms with Gasteiger partial charge < -0.3 is 15.4 Å². The normalized spacial score (nSPS) is 10.7. The van der Waals surface area contributed by atoms with E-state index in [1.807, 2.05) is 30.3 Å². The summed E-state index contributed by atoms with van der Waals surface area (Å²) >= 11 is 0. The molecule has 1 heterocycles. The quantitative estimate of drug-likeness (QED) is 0.775. The monoisotopic (exact) mass is 294 g/mol. The summed E-state index contributed by atoms with van der Waals surface area (Å²) in [5.74, 6) is -1.49. The number of carboxylic acid groups (broad SMARTS) is 1. The Bertz CT molecular complexity index is 880. The van der Waals surface area contributed by atoms with Crippen LogP contribution in [0.4, 0.5) is 0 Å². The van der Waals surface area contributed by atoms with Gasteiger partial charge in [-0.3, -0.25) is 4.79 Å². The molecule has 22 heavy (non-hydrogen) atoms. The van der Waals surface area contributed by atoms with Crippen molar-refractivity contribution in [3.8, 4) is 0 Å². The molecule has 0 unspecified atom stereocenters. The van der Waals surface area contributed by atoms with Gasteiger partial charge in [-0.05, 0) is 29.8 Å². The zero-order valence-electron chi connectivity index (χ0n) is 11.7. The lowest BCUT2D eigenvalue weighted by Crippen LogP contribution is -2.12. The van der Waals surface area contributed by atoms with Crippen LogP contribution in [0.2, 0.25) is 0 Å². The average Bonchev–Trinajstić information content (AvgIpc) is 2.87. The first-order valence-corrected chi connectivity index (χ1v) is 6.76. The zero-order valence-corrected chi connectivity index (χ0v) is 11.7. The molecule has 0 saturated carbocycles. The van der Waals surface area contributed by atoms with E-state index in [0.717, 1.165) is 16.5 Å². The van der Waals surface area contributed by atoms with Gasteiger partial charge >= 0.3 is 5.97 Å². The molecule has 1 amide bonds. The molecular weight excluding hydrogens is 280 g/mol. The SMILES string of the molecule is NC(=O)c1cccc(Cn2c(C(=O)O)cc3ccccc32)c1. The molecule has 110 valence electrons. The fourth-order valence-electron chi connectivity index (χ4n) is 2.56. The number of carbonyl (C=O) groups excluding carboxylic acids is 1. The van der Waals surface area contributed by atoms with Crippen molar-refractivity contribution in [3.05, 3.63) is 71.4 Å². The highest BCUT2D eigenvalue weighted by Gasteiger charge is 2.14. The van der Waals surface area contributed by atoms with Gasteiger partial charge in [-0.1, -0.05) is 30.3 Å². The molecule has 5 heteroatoms. The molecule has 3 N–H and O–H groups in total. The number of nitrogens with two attached hydrogens (primary N) is 1. The van der Waals surface area contributed by atoms with E-state index in [-0.39, 0.29) is 5.69 Å². The van der Waals surface area contributed by atoms with Crippen LogP contribution >= 0.6 is 0 Å². The first-order chi connectivity index (χ1) is 10.6. The molecule has 0 aliphatic rings. The maximum absolute atomic E-state index is 11.5. The second kappa shape index (κ2) is 5.37. The number of fused-ring (bicyclic) bond motifs is 1. The topological polar surface area (TPSA) is 85.3 Å². The van der Waals surface area contributed by atoms with Crippen molar-refractivity contribution in [3.63, 3.8) is 0 Å². The molecule has 5 nitrogen and oxygen atoms in total. The van der Waals surface area contributed by atoms with Gasteiger partial charge in [0.2, 0.25) is 5.91 Å². The number of hydrogen-bond donors (Lipinski definition) is 2. The maximum Gasteiger partial charge on any atom is 0.352 e. The van der Waals surface area contributed by atoms with Crippen molar-refractivity contribution in [2.75, 3.05) is 0 Å². The van der Waals surface area contributed by atoms with E-state index in [1.54, 1.807) is 28.8 Å². The van der Waals surface area contributed by atoms with Crippen molar-refractivity contribution in [1.82, 2.24) is 4.57 Å². The Morgan fingerprint density at radius 2 is 1.82 bits per heavy atom. The number of primary amides is 1. The Balaban J connectivity index is 2.10. The summed E-state index contributed by atoms with van der Waals surface area (Å²) in [4.78, 5) is 22.7. The molecule has 0 aliphatic carbocycles. The third kappa shape index (κ3) is 2.44. The predicted octanol–water partition coefficient (Wildman–Crippen LogP) is 2.49. The van der Waals surface area contributed by atoms with Crippen LogP contribution in [0.25, 0.3) is 10.9 Å². The van der Waals surface area contributed by atoms with Gasteiger partial charge in [0.1, 0.15) is 5.69 Å². The number of aromatic carboxylic acids is 1. The molecule has 0 fully saturated rings. The largest absolute Gasteiger partial charge is 0.477 e. The molecule has 0 atom stereocenters. The van der Waals surface area contributed by atoms with Crippen LogP contribution in [-0.2, 0) is 6.54 Å². The number of rotatable bonds is 4. The molecule has 2 aromatic carbocycles. The van der Waals surface area contributed by atoms with Crippen LogP contribution in [0, 0.1) is 0 Å². The molecule has 3 rings (SSSR count). The molecule has 3 aromatic rings. The van der Waals surface area contributed by atoms with Crippen LogP contribution in [0.3, 0.4) is 0 Å². The van der Waals surface area contributed by atoms with Crippen LogP contribution < -0.4 is 5.73 Å². The first-order valence-electron chi connectivity index (χ1n) is 6.76. The van der Waals surface area contributed by atoms with Gasteiger partial charge in [-0.25, -0.2) is 4.79 Å². The molecule has 0 radical (unpaired) electrons. The molecule has 0 aliphatic heterocycles. The van der Waals surface area contributed by atoms with E-state index in [2.05, 4.69) is 0 Å². The van der Waals surface area contributed by atoms with E-state index >= 15 is 0 Å². The van der Waals surface area contributed by atoms with Crippen LogP contribution in [-0.4, -0.2) is 21.6 Å². The minimum Gasteiger partial charge on any atom is -0.477 e. The summed E-state index contributed by atoms with van der Waals surface area (Å²) in [6.45, 7) is 0.357. The standard InChI is InChI=1S/C17H14N2O3/c18-16(20)13-6-3-4-11(8-13)10-19-14-7-2-1-5-12(14)9-15(19)17(21)22/h1-9H,10H2,(H2,18,20)(H,21,22). The maximum atomic E-state index is 11.5. The molecular formula is C17H14N2O3. The number of carbonyl (C=O) groups is 2. The minimum absolute atomic E-state index is 0.214. The Morgan fingerprint density at radius 3 is 2.55 bits per heavy atom. The summed E-state index contributed by atoms with van der Waals surface area (Å²) in [5, 5.41) is 10.3. The number of benzene rings is 2. The van der Waals surface area contributed by atoms with Gasteiger partial charge in [0, 0.05) is 23.0 Å². The Hall–Kier alpha value is -3.08. The fourth-order valence-corrected chi connectivity index (χ4v) is 2.56.